The summed E-state index contributed by atoms with van der Waals surface area (Å²) in [5.41, 5.74) is -0.204. The van der Waals surface area contributed by atoms with Crippen molar-refractivity contribution >= 4 is 17.8 Å². The highest BCUT2D eigenvalue weighted by Gasteiger charge is 2.40. The maximum Gasteiger partial charge on any atom is 0.456 e. The van der Waals surface area contributed by atoms with Gasteiger partial charge in [-0.1, -0.05) is 5.16 Å². The quantitative estimate of drug-likeness (QED) is 0.465. The van der Waals surface area contributed by atoms with Crippen LogP contribution in [0.15, 0.2) is 10.6 Å². The summed E-state index contributed by atoms with van der Waals surface area (Å²) in [6.45, 7) is 0. The van der Waals surface area contributed by atoms with E-state index in [1.54, 1.807) is 0 Å². The van der Waals surface area contributed by atoms with Crippen LogP contribution >= 0.6 is 0 Å². The average Bonchev–Trinajstić information content (AvgIpc) is 3.03. The van der Waals surface area contributed by atoms with Crippen molar-refractivity contribution in [3.63, 3.8) is 0 Å². The number of methoxy groups -OCH3 is 1. The van der Waals surface area contributed by atoms with Crippen LogP contribution in [-0.4, -0.2) is 35.2 Å². The van der Waals surface area contributed by atoms with Gasteiger partial charge in [-0.3, -0.25) is 19.4 Å². The van der Waals surface area contributed by atoms with Gasteiger partial charge in [0.15, 0.2) is 5.69 Å². The predicted molar refractivity (Wildman–Crippen MR) is 77.9 cm³/mol. The number of nitrogens with zero attached hydrogens (tertiary/aromatic N) is 2. The largest absolute Gasteiger partial charge is 0.469 e. The van der Waals surface area contributed by atoms with E-state index in [9.17, 15) is 19.7 Å². The van der Waals surface area contributed by atoms with Gasteiger partial charge in [0.25, 0.3) is 0 Å². The molecule has 2 aliphatic rings. The van der Waals surface area contributed by atoms with E-state index in [4.69, 9.17) is 9.47 Å². The Balaban J connectivity index is 1.58. The summed E-state index contributed by atoms with van der Waals surface area (Å²) in [5.74, 6) is -0.939. The molecule has 3 rings (SSSR count). The molecular formula is C15H18N2O7. The molecule has 0 unspecified atom stereocenters. The number of aromatic nitrogens is 1. The van der Waals surface area contributed by atoms with Crippen LogP contribution in [0.2, 0.25) is 0 Å². The Morgan fingerprint density at radius 1 is 1.25 bits per heavy atom. The molecule has 1 heterocycles. The third-order valence-corrected chi connectivity index (χ3v) is 4.79. The minimum atomic E-state index is -0.762. The van der Waals surface area contributed by atoms with Gasteiger partial charge in [-0.05, 0) is 43.9 Å². The molecule has 9 heteroatoms. The van der Waals surface area contributed by atoms with Gasteiger partial charge in [0.05, 0.1) is 19.1 Å². The summed E-state index contributed by atoms with van der Waals surface area (Å²) in [6, 6.07) is 0.958. The molecule has 0 aromatic carbocycles. The Labute approximate surface area is 137 Å². The molecule has 2 bridgehead atoms. The smallest absolute Gasteiger partial charge is 0.456 e. The number of rotatable bonds is 4. The number of carbonyl (C=O) groups excluding carboxylic acids is 2. The van der Waals surface area contributed by atoms with Gasteiger partial charge in [0.2, 0.25) is 0 Å². The Bertz CT molecular complexity index is 642. The number of nitro groups is 1. The molecule has 0 aliphatic heterocycles. The fourth-order valence-corrected chi connectivity index (χ4v) is 3.90. The summed E-state index contributed by atoms with van der Waals surface area (Å²) >= 11 is 0. The van der Waals surface area contributed by atoms with Gasteiger partial charge in [-0.25, -0.2) is 4.79 Å². The van der Waals surface area contributed by atoms with E-state index in [-0.39, 0.29) is 23.7 Å². The molecule has 0 amide bonds. The molecule has 2 aliphatic carbocycles. The van der Waals surface area contributed by atoms with E-state index in [0.29, 0.717) is 24.7 Å². The first-order valence-corrected chi connectivity index (χ1v) is 7.86. The Morgan fingerprint density at radius 2 is 1.92 bits per heavy atom. The second-order valence-electron chi connectivity index (χ2n) is 6.47. The summed E-state index contributed by atoms with van der Waals surface area (Å²) in [4.78, 5) is 33.6. The fraction of sp³-hybridized carbons (Fsp3) is 0.667. The maximum atomic E-state index is 12.0. The van der Waals surface area contributed by atoms with E-state index in [1.165, 1.54) is 7.11 Å². The van der Waals surface area contributed by atoms with Crippen molar-refractivity contribution in [1.82, 2.24) is 5.16 Å². The van der Waals surface area contributed by atoms with Crippen LogP contribution in [0.1, 0.15) is 42.6 Å². The number of fused-ring (bicyclic) bond motifs is 2. The van der Waals surface area contributed by atoms with Crippen molar-refractivity contribution in [2.24, 2.45) is 17.8 Å². The molecular weight excluding hydrogens is 320 g/mol. The zero-order chi connectivity index (χ0) is 17.3. The van der Waals surface area contributed by atoms with E-state index in [1.807, 2.05) is 0 Å². The fourth-order valence-electron chi connectivity index (χ4n) is 3.90. The second kappa shape index (κ2) is 6.58. The summed E-state index contributed by atoms with van der Waals surface area (Å²) in [5, 5.41) is 13.9. The number of hydrogen-bond donors (Lipinski definition) is 0. The minimum absolute atomic E-state index is 0.0754. The number of esters is 2. The van der Waals surface area contributed by atoms with Crippen molar-refractivity contribution < 1.29 is 28.5 Å². The topological polar surface area (TPSA) is 122 Å². The van der Waals surface area contributed by atoms with Gasteiger partial charge in [-0.2, -0.15) is 0 Å². The van der Waals surface area contributed by atoms with Crippen LogP contribution in [0.4, 0.5) is 5.88 Å². The van der Waals surface area contributed by atoms with E-state index >= 15 is 0 Å². The lowest BCUT2D eigenvalue weighted by Gasteiger charge is -2.41. The second-order valence-corrected chi connectivity index (χ2v) is 6.47. The summed E-state index contributed by atoms with van der Waals surface area (Å²) in [7, 11) is 1.40. The van der Waals surface area contributed by atoms with Crippen LogP contribution in [0, 0.1) is 27.9 Å². The highest BCUT2D eigenvalue weighted by molar-refractivity contribution is 5.87. The monoisotopic (exact) mass is 338 g/mol. The molecule has 24 heavy (non-hydrogen) atoms. The standard InChI is InChI=1S/C15H18N2O7/c1-22-14(18)10-3-8-2-9(4-10)6-11(5-8)23-15(19)12-7-13(17(20)21)24-16-12/h7-11H,2-6H2,1H3/t8-,9-,10?,11?/m1/s1. The van der Waals surface area contributed by atoms with Crippen molar-refractivity contribution in [2.45, 2.75) is 38.2 Å². The van der Waals surface area contributed by atoms with Gasteiger partial charge < -0.3 is 9.47 Å². The Kier molecular flexibility index (Phi) is 4.50. The lowest BCUT2D eigenvalue weighted by atomic mass is 9.67. The maximum absolute atomic E-state index is 12.0. The van der Waals surface area contributed by atoms with Crippen molar-refractivity contribution in [2.75, 3.05) is 7.11 Å². The van der Waals surface area contributed by atoms with E-state index < -0.39 is 16.8 Å². The molecule has 2 fully saturated rings. The van der Waals surface area contributed by atoms with Crippen LogP contribution in [0.3, 0.4) is 0 Å². The minimum Gasteiger partial charge on any atom is -0.469 e. The highest BCUT2D eigenvalue weighted by atomic mass is 16.7. The van der Waals surface area contributed by atoms with Crippen molar-refractivity contribution in [1.29, 1.82) is 0 Å². The summed E-state index contributed by atoms with van der Waals surface area (Å²) < 4.78 is 14.7. The third kappa shape index (κ3) is 3.39. The molecule has 0 radical (unpaired) electrons. The molecule has 1 aromatic heterocycles. The normalized spacial score (nSPS) is 28.9. The molecule has 2 saturated carbocycles. The zero-order valence-electron chi connectivity index (χ0n) is 13.2. The van der Waals surface area contributed by atoms with Gasteiger partial charge in [0.1, 0.15) is 11.0 Å². The molecule has 2 atom stereocenters. The van der Waals surface area contributed by atoms with Gasteiger partial charge in [0, 0.05) is 0 Å². The Hall–Kier alpha value is -2.45. The molecule has 1 aromatic rings. The van der Waals surface area contributed by atoms with Gasteiger partial charge >= 0.3 is 17.8 Å². The number of hydrogen-bond acceptors (Lipinski definition) is 8. The number of ether oxygens (including phenoxy) is 2. The van der Waals surface area contributed by atoms with Gasteiger partial charge in [-0.15, -0.1) is 0 Å². The SMILES string of the molecule is COC(=O)C1C[C@@H]2CC(OC(=O)c3cc([N+](=O)[O-])on3)C[C@@H](C1)C2. The third-order valence-electron chi connectivity index (χ3n) is 4.79. The first-order valence-electron chi connectivity index (χ1n) is 7.86. The van der Waals surface area contributed by atoms with Crippen LogP contribution in [0.5, 0.6) is 0 Å². The van der Waals surface area contributed by atoms with Crippen molar-refractivity contribution in [3.8, 4) is 0 Å². The highest BCUT2D eigenvalue weighted by Crippen LogP contribution is 2.44. The van der Waals surface area contributed by atoms with Crippen molar-refractivity contribution in [3.05, 3.63) is 21.9 Å². The predicted octanol–water partition coefficient (Wildman–Crippen LogP) is 2.11. The average molecular weight is 338 g/mol. The lowest BCUT2D eigenvalue weighted by molar-refractivity contribution is -0.404. The van der Waals surface area contributed by atoms with Crippen LogP contribution in [-0.2, 0) is 14.3 Å². The molecule has 9 nitrogen and oxygen atoms in total. The summed E-state index contributed by atoms with van der Waals surface area (Å²) in [6.07, 6.45) is 3.59. The molecule has 130 valence electrons. The first kappa shape index (κ1) is 16.4. The van der Waals surface area contributed by atoms with E-state index in [0.717, 1.165) is 25.3 Å². The number of carbonyl (C=O) groups is 2. The lowest BCUT2D eigenvalue weighted by Crippen LogP contribution is -2.38. The van der Waals surface area contributed by atoms with Crippen LogP contribution in [0.25, 0.3) is 0 Å². The molecule has 0 N–H and O–H groups in total. The van der Waals surface area contributed by atoms with E-state index in [2.05, 4.69) is 9.68 Å². The Morgan fingerprint density at radius 3 is 2.46 bits per heavy atom. The zero-order valence-corrected chi connectivity index (χ0v) is 13.2. The molecule has 0 spiro atoms. The first-order chi connectivity index (χ1) is 11.5. The molecule has 0 saturated heterocycles. The van der Waals surface area contributed by atoms with Crippen LogP contribution < -0.4 is 0 Å².